The lowest BCUT2D eigenvalue weighted by molar-refractivity contribution is -0.123. The average molecular weight is 543 g/mol. The van der Waals surface area contributed by atoms with Gasteiger partial charge in [0.25, 0.3) is 5.91 Å². The highest BCUT2D eigenvalue weighted by Gasteiger charge is 2.18. The van der Waals surface area contributed by atoms with Gasteiger partial charge in [-0.25, -0.2) is 10.2 Å². The zero-order chi connectivity index (χ0) is 25.2. The van der Waals surface area contributed by atoms with E-state index in [0.717, 1.165) is 4.47 Å². The highest BCUT2D eigenvalue weighted by molar-refractivity contribution is 9.10. The van der Waals surface area contributed by atoms with Crippen LogP contribution in [0.3, 0.4) is 0 Å². The van der Waals surface area contributed by atoms with E-state index in [9.17, 15) is 9.59 Å². The van der Waals surface area contributed by atoms with E-state index in [1.165, 1.54) is 39.7 Å². The van der Waals surface area contributed by atoms with E-state index in [4.69, 9.17) is 23.7 Å². The number of carbonyl (C=O) groups is 2. The van der Waals surface area contributed by atoms with Crippen molar-refractivity contribution in [3.05, 3.63) is 76.3 Å². The van der Waals surface area contributed by atoms with Crippen LogP contribution in [0.5, 0.6) is 28.7 Å². The van der Waals surface area contributed by atoms with E-state index >= 15 is 0 Å². The molecule has 9 nitrogen and oxygen atoms in total. The van der Waals surface area contributed by atoms with Gasteiger partial charge in [0.2, 0.25) is 5.75 Å². The van der Waals surface area contributed by atoms with Gasteiger partial charge in [-0.2, -0.15) is 5.10 Å². The van der Waals surface area contributed by atoms with Crippen molar-refractivity contribution < 1.29 is 33.3 Å². The molecule has 0 aliphatic rings. The van der Waals surface area contributed by atoms with Crippen LogP contribution in [-0.2, 0) is 4.79 Å². The normalized spacial score (nSPS) is 10.5. The van der Waals surface area contributed by atoms with Crippen LogP contribution in [0.2, 0.25) is 0 Å². The summed E-state index contributed by atoms with van der Waals surface area (Å²) in [7, 11) is 4.40. The summed E-state index contributed by atoms with van der Waals surface area (Å²) in [6.45, 7) is -0.185. The number of benzene rings is 3. The second-order valence-electron chi connectivity index (χ2n) is 6.88. The van der Waals surface area contributed by atoms with Crippen LogP contribution in [0, 0.1) is 0 Å². The number of amides is 1. The number of nitrogens with zero attached hydrogens (tertiary/aromatic N) is 1. The lowest BCUT2D eigenvalue weighted by Gasteiger charge is -2.13. The number of esters is 1. The number of para-hydroxylation sites is 1. The summed E-state index contributed by atoms with van der Waals surface area (Å²) in [5, 5.41) is 3.91. The molecule has 0 aromatic heterocycles. The third-order valence-electron chi connectivity index (χ3n) is 4.59. The van der Waals surface area contributed by atoms with E-state index in [-0.39, 0.29) is 12.2 Å². The number of hydrogen-bond acceptors (Lipinski definition) is 8. The van der Waals surface area contributed by atoms with E-state index in [1.807, 2.05) is 18.2 Å². The van der Waals surface area contributed by atoms with Crippen molar-refractivity contribution >= 4 is 34.0 Å². The summed E-state index contributed by atoms with van der Waals surface area (Å²) in [6, 6.07) is 16.8. The van der Waals surface area contributed by atoms with Gasteiger partial charge in [0.1, 0.15) is 11.5 Å². The van der Waals surface area contributed by atoms with Crippen LogP contribution in [0.4, 0.5) is 0 Å². The topological polar surface area (TPSA) is 105 Å². The van der Waals surface area contributed by atoms with Gasteiger partial charge in [-0.15, -0.1) is 0 Å². The van der Waals surface area contributed by atoms with Crippen molar-refractivity contribution in [3.63, 3.8) is 0 Å². The largest absolute Gasteiger partial charge is 0.493 e. The minimum absolute atomic E-state index is 0.185. The molecule has 35 heavy (non-hydrogen) atoms. The highest BCUT2D eigenvalue weighted by atomic mass is 79.9. The van der Waals surface area contributed by atoms with Gasteiger partial charge in [-0.05, 0) is 70.0 Å². The predicted molar refractivity (Wildman–Crippen MR) is 133 cm³/mol. The number of rotatable bonds is 10. The van der Waals surface area contributed by atoms with Crippen molar-refractivity contribution in [3.8, 4) is 28.7 Å². The Kier molecular flexibility index (Phi) is 9.08. The first-order chi connectivity index (χ1) is 16.9. The number of nitrogens with one attached hydrogen (secondary N) is 1. The molecule has 0 radical (unpaired) electrons. The molecule has 3 aromatic carbocycles. The summed E-state index contributed by atoms with van der Waals surface area (Å²) < 4.78 is 27.4. The Balaban J connectivity index is 1.55. The van der Waals surface area contributed by atoms with Crippen molar-refractivity contribution in [2.45, 2.75) is 0 Å². The van der Waals surface area contributed by atoms with Crippen molar-refractivity contribution in [2.75, 3.05) is 27.9 Å². The minimum atomic E-state index is -0.594. The molecule has 1 amide bonds. The summed E-state index contributed by atoms with van der Waals surface area (Å²) >= 11 is 3.35. The van der Waals surface area contributed by atoms with Crippen LogP contribution < -0.4 is 29.1 Å². The molecule has 3 aromatic rings. The molecule has 10 heteroatoms. The molecular weight excluding hydrogens is 520 g/mol. The third-order valence-corrected chi connectivity index (χ3v) is 5.24. The van der Waals surface area contributed by atoms with Gasteiger partial charge in [-0.1, -0.05) is 12.1 Å². The Morgan fingerprint density at radius 3 is 2.17 bits per heavy atom. The zero-order valence-corrected chi connectivity index (χ0v) is 20.8. The molecular formula is C25H23BrN2O7. The molecule has 1 N–H and O–H groups in total. The third kappa shape index (κ3) is 6.97. The predicted octanol–water partition coefficient (Wildman–Crippen LogP) is 4.22. The minimum Gasteiger partial charge on any atom is -0.493 e. The Hall–Kier alpha value is -4.05. The van der Waals surface area contributed by atoms with E-state index in [2.05, 4.69) is 26.5 Å². The van der Waals surface area contributed by atoms with Crippen LogP contribution >= 0.6 is 15.9 Å². The van der Waals surface area contributed by atoms with Gasteiger partial charge >= 0.3 is 5.97 Å². The van der Waals surface area contributed by atoms with Crippen molar-refractivity contribution in [1.29, 1.82) is 0 Å². The summed E-state index contributed by atoms with van der Waals surface area (Å²) in [5.41, 5.74) is 3.31. The second-order valence-corrected chi connectivity index (χ2v) is 7.74. The molecule has 0 saturated heterocycles. The first-order valence-corrected chi connectivity index (χ1v) is 11.1. The monoisotopic (exact) mass is 542 g/mol. The number of carbonyl (C=O) groups excluding carboxylic acids is 2. The smallest absolute Gasteiger partial charge is 0.343 e. The van der Waals surface area contributed by atoms with Crippen LogP contribution in [0.1, 0.15) is 15.9 Å². The maximum atomic E-state index is 12.6. The molecule has 0 bridgehead atoms. The quantitative estimate of drug-likeness (QED) is 0.177. The molecule has 0 aliphatic heterocycles. The summed E-state index contributed by atoms with van der Waals surface area (Å²) in [5.74, 6) is 0.941. The Morgan fingerprint density at radius 1 is 0.914 bits per heavy atom. The number of methoxy groups -OCH3 is 3. The van der Waals surface area contributed by atoms with Crippen LogP contribution in [0.25, 0.3) is 0 Å². The fourth-order valence-electron chi connectivity index (χ4n) is 2.90. The average Bonchev–Trinajstić information content (AvgIpc) is 2.88. The molecule has 3 rings (SSSR count). The van der Waals surface area contributed by atoms with Crippen molar-refractivity contribution in [2.24, 2.45) is 5.10 Å². The van der Waals surface area contributed by atoms with E-state index < -0.39 is 11.9 Å². The maximum absolute atomic E-state index is 12.6. The number of hydrazone groups is 1. The highest BCUT2D eigenvalue weighted by Crippen LogP contribution is 2.38. The van der Waals surface area contributed by atoms with Gasteiger partial charge in [0.15, 0.2) is 18.1 Å². The van der Waals surface area contributed by atoms with Crippen LogP contribution in [0.15, 0.2) is 70.2 Å². The number of ether oxygens (including phenoxy) is 5. The number of hydrogen-bond donors (Lipinski definition) is 1. The molecule has 0 heterocycles. The second kappa shape index (κ2) is 12.4. The van der Waals surface area contributed by atoms with Crippen LogP contribution in [-0.4, -0.2) is 46.0 Å². The van der Waals surface area contributed by atoms with Gasteiger partial charge < -0.3 is 23.7 Å². The van der Waals surface area contributed by atoms with E-state index in [0.29, 0.717) is 34.3 Å². The van der Waals surface area contributed by atoms with Gasteiger partial charge in [-0.3, -0.25) is 4.79 Å². The fourth-order valence-corrected chi connectivity index (χ4v) is 3.30. The molecule has 0 unspecified atom stereocenters. The SMILES string of the molecule is COc1cc(C(=O)Oc2ccc(/C=N\NC(=O)COc3ccccc3Br)cc2)cc(OC)c1OC. The first-order valence-electron chi connectivity index (χ1n) is 10.3. The lowest BCUT2D eigenvalue weighted by Crippen LogP contribution is -2.24. The molecule has 0 atom stereocenters. The molecule has 0 saturated carbocycles. The Labute approximate surface area is 210 Å². The Morgan fingerprint density at radius 2 is 1.57 bits per heavy atom. The molecule has 182 valence electrons. The Bertz CT molecular complexity index is 1190. The zero-order valence-electron chi connectivity index (χ0n) is 19.2. The summed E-state index contributed by atoms with van der Waals surface area (Å²) in [6.07, 6.45) is 1.46. The molecule has 0 fully saturated rings. The standard InChI is InChI=1S/C25H23BrN2O7/c1-31-21-12-17(13-22(32-2)24(21)33-3)25(30)35-18-10-8-16(9-11-18)14-27-28-23(29)15-34-20-7-5-4-6-19(20)26/h4-14H,15H2,1-3H3,(H,28,29)/b27-14-. The fraction of sp³-hybridized carbons (Fsp3) is 0.160. The van der Waals surface area contributed by atoms with Gasteiger partial charge in [0, 0.05) is 0 Å². The summed E-state index contributed by atoms with van der Waals surface area (Å²) in [4.78, 5) is 24.5. The number of halogens is 1. The lowest BCUT2D eigenvalue weighted by atomic mass is 10.2. The maximum Gasteiger partial charge on any atom is 0.343 e. The first kappa shape index (κ1) is 25.6. The molecule has 0 aliphatic carbocycles. The molecule has 0 spiro atoms. The van der Waals surface area contributed by atoms with E-state index in [1.54, 1.807) is 30.3 Å². The van der Waals surface area contributed by atoms with Crippen molar-refractivity contribution in [1.82, 2.24) is 5.43 Å². The van der Waals surface area contributed by atoms with Gasteiger partial charge in [0.05, 0.1) is 37.6 Å².